The zero-order valence-corrected chi connectivity index (χ0v) is 11.2. The molecule has 90 valence electrons. The highest BCUT2D eigenvalue weighted by atomic mass is 32.2. The van der Waals surface area contributed by atoms with Crippen LogP contribution in [-0.2, 0) is 0 Å². The van der Waals surface area contributed by atoms with Crippen LogP contribution in [0.15, 0.2) is 0 Å². The van der Waals surface area contributed by atoms with Crippen molar-refractivity contribution in [2.24, 2.45) is 11.8 Å². The lowest BCUT2D eigenvalue weighted by Gasteiger charge is -2.09. The Hall–Kier alpha value is 0.310. The Balaban J connectivity index is 1.76. The van der Waals surface area contributed by atoms with Crippen LogP contribution in [0.1, 0.15) is 46.0 Å². The molecule has 0 heterocycles. The Morgan fingerprint density at radius 3 is 2.60 bits per heavy atom. The summed E-state index contributed by atoms with van der Waals surface area (Å²) < 4.78 is 0. The van der Waals surface area contributed by atoms with E-state index in [9.17, 15) is 0 Å². The Morgan fingerprint density at radius 1 is 1.20 bits per heavy atom. The molecule has 1 rings (SSSR count). The van der Waals surface area contributed by atoms with Gasteiger partial charge < -0.3 is 5.32 Å². The van der Waals surface area contributed by atoms with E-state index < -0.39 is 0 Å². The van der Waals surface area contributed by atoms with Crippen molar-refractivity contribution in [2.75, 3.05) is 24.6 Å². The molecule has 0 bridgehead atoms. The molecule has 1 fully saturated rings. The molecule has 15 heavy (non-hydrogen) atoms. The second-order valence-corrected chi connectivity index (χ2v) is 6.31. The Morgan fingerprint density at radius 2 is 1.93 bits per heavy atom. The number of rotatable bonds is 8. The third-order valence-electron chi connectivity index (χ3n) is 3.15. The fourth-order valence-electron chi connectivity index (χ4n) is 2.09. The molecule has 1 saturated carbocycles. The van der Waals surface area contributed by atoms with Gasteiger partial charge in [0.15, 0.2) is 0 Å². The molecule has 0 saturated heterocycles. The van der Waals surface area contributed by atoms with Gasteiger partial charge in [0.2, 0.25) is 0 Å². The Bertz CT molecular complexity index is 141. The summed E-state index contributed by atoms with van der Waals surface area (Å²) in [6.45, 7) is 6.97. The van der Waals surface area contributed by atoms with Crippen molar-refractivity contribution in [1.82, 2.24) is 5.32 Å². The molecular weight excluding hydrogens is 202 g/mol. The van der Waals surface area contributed by atoms with E-state index in [4.69, 9.17) is 0 Å². The van der Waals surface area contributed by atoms with Crippen LogP contribution in [0.5, 0.6) is 0 Å². The quantitative estimate of drug-likeness (QED) is 0.639. The summed E-state index contributed by atoms with van der Waals surface area (Å²) in [5, 5.41) is 3.52. The van der Waals surface area contributed by atoms with Crippen LogP contribution in [-0.4, -0.2) is 24.6 Å². The van der Waals surface area contributed by atoms with Crippen molar-refractivity contribution in [1.29, 1.82) is 0 Å². The largest absolute Gasteiger partial charge is 0.316 e. The number of hydrogen-bond acceptors (Lipinski definition) is 2. The zero-order valence-electron chi connectivity index (χ0n) is 10.4. The first kappa shape index (κ1) is 13.4. The average Bonchev–Trinajstić information content (AvgIpc) is 2.68. The van der Waals surface area contributed by atoms with E-state index in [-0.39, 0.29) is 0 Å². The van der Waals surface area contributed by atoms with Gasteiger partial charge in [0, 0.05) is 12.3 Å². The third kappa shape index (κ3) is 7.24. The average molecular weight is 229 g/mol. The highest BCUT2D eigenvalue weighted by Crippen LogP contribution is 2.27. The van der Waals surface area contributed by atoms with Crippen LogP contribution < -0.4 is 5.32 Å². The van der Waals surface area contributed by atoms with Crippen molar-refractivity contribution in [3.63, 3.8) is 0 Å². The van der Waals surface area contributed by atoms with E-state index in [0.29, 0.717) is 0 Å². The lowest BCUT2D eigenvalue weighted by atomic mass is 10.1. The second kappa shape index (κ2) is 8.46. The molecule has 2 heteroatoms. The monoisotopic (exact) mass is 229 g/mol. The molecule has 1 aliphatic rings. The molecule has 0 aromatic heterocycles. The van der Waals surface area contributed by atoms with Gasteiger partial charge in [-0.25, -0.2) is 0 Å². The second-order valence-electron chi connectivity index (χ2n) is 5.16. The first-order chi connectivity index (χ1) is 7.29. The minimum absolute atomic E-state index is 0.837. The highest BCUT2D eigenvalue weighted by Gasteiger charge is 2.13. The third-order valence-corrected chi connectivity index (χ3v) is 4.35. The standard InChI is InChI=1S/C13H27NS/c1-12(2)7-8-14-9-10-15-11-13-5-3-4-6-13/h12-14H,3-11H2,1-2H3. The minimum atomic E-state index is 0.837. The van der Waals surface area contributed by atoms with Gasteiger partial charge in [-0.05, 0) is 43.4 Å². The maximum Gasteiger partial charge on any atom is 0.00582 e. The van der Waals surface area contributed by atoms with Gasteiger partial charge in [0.05, 0.1) is 0 Å². The van der Waals surface area contributed by atoms with E-state index >= 15 is 0 Å². The van der Waals surface area contributed by atoms with Crippen LogP contribution in [0.3, 0.4) is 0 Å². The number of hydrogen-bond donors (Lipinski definition) is 1. The maximum absolute atomic E-state index is 3.52. The number of nitrogens with one attached hydrogen (secondary N) is 1. The smallest absolute Gasteiger partial charge is 0.00582 e. The predicted molar refractivity (Wildman–Crippen MR) is 71.6 cm³/mol. The van der Waals surface area contributed by atoms with Crippen LogP contribution >= 0.6 is 11.8 Å². The number of thioether (sulfide) groups is 1. The summed E-state index contributed by atoms with van der Waals surface area (Å²) in [5.74, 6) is 4.59. The molecule has 1 aliphatic carbocycles. The summed E-state index contributed by atoms with van der Waals surface area (Å²) in [5.41, 5.74) is 0. The fraction of sp³-hybridized carbons (Fsp3) is 1.00. The van der Waals surface area contributed by atoms with E-state index in [1.165, 1.54) is 56.7 Å². The van der Waals surface area contributed by atoms with E-state index in [2.05, 4.69) is 30.9 Å². The first-order valence-electron chi connectivity index (χ1n) is 6.57. The van der Waals surface area contributed by atoms with Gasteiger partial charge >= 0.3 is 0 Å². The van der Waals surface area contributed by atoms with Crippen molar-refractivity contribution < 1.29 is 0 Å². The van der Waals surface area contributed by atoms with Gasteiger partial charge in [0.25, 0.3) is 0 Å². The first-order valence-corrected chi connectivity index (χ1v) is 7.73. The molecule has 0 amide bonds. The van der Waals surface area contributed by atoms with E-state index in [1.54, 1.807) is 0 Å². The molecule has 0 spiro atoms. The van der Waals surface area contributed by atoms with Crippen LogP contribution in [0.4, 0.5) is 0 Å². The van der Waals surface area contributed by atoms with Crippen molar-refractivity contribution in [2.45, 2.75) is 46.0 Å². The molecular formula is C13H27NS. The fourth-order valence-corrected chi connectivity index (χ4v) is 3.21. The highest BCUT2D eigenvalue weighted by molar-refractivity contribution is 7.99. The van der Waals surface area contributed by atoms with Crippen molar-refractivity contribution in [3.8, 4) is 0 Å². The molecule has 0 atom stereocenters. The van der Waals surface area contributed by atoms with Crippen molar-refractivity contribution >= 4 is 11.8 Å². The SMILES string of the molecule is CC(C)CCNCCSCC1CCCC1. The van der Waals surface area contributed by atoms with Gasteiger partial charge in [-0.15, -0.1) is 0 Å². The van der Waals surface area contributed by atoms with Crippen LogP contribution in [0.25, 0.3) is 0 Å². The molecule has 0 unspecified atom stereocenters. The molecule has 0 aromatic carbocycles. The summed E-state index contributed by atoms with van der Waals surface area (Å²) in [6, 6.07) is 0. The lowest BCUT2D eigenvalue weighted by molar-refractivity contribution is 0.547. The Kier molecular flexibility index (Phi) is 7.54. The molecule has 0 aromatic rings. The van der Waals surface area contributed by atoms with E-state index in [1.807, 2.05) is 0 Å². The predicted octanol–water partition coefficient (Wildman–Crippen LogP) is 3.55. The summed E-state index contributed by atoms with van der Waals surface area (Å²) in [7, 11) is 0. The molecule has 1 nitrogen and oxygen atoms in total. The molecule has 0 aliphatic heterocycles. The van der Waals surface area contributed by atoms with E-state index in [0.717, 1.165) is 11.8 Å². The van der Waals surface area contributed by atoms with Gasteiger partial charge in [-0.2, -0.15) is 11.8 Å². The summed E-state index contributed by atoms with van der Waals surface area (Å²) in [6.07, 6.45) is 7.27. The summed E-state index contributed by atoms with van der Waals surface area (Å²) >= 11 is 2.15. The van der Waals surface area contributed by atoms with Crippen molar-refractivity contribution in [3.05, 3.63) is 0 Å². The zero-order chi connectivity index (χ0) is 10.9. The molecule has 1 N–H and O–H groups in total. The topological polar surface area (TPSA) is 12.0 Å². The maximum atomic E-state index is 3.52. The normalized spacial score (nSPS) is 17.8. The minimum Gasteiger partial charge on any atom is -0.316 e. The molecule has 0 radical (unpaired) electrons. The summed E-state index contributed by atoms with van der Waals surface area (Å²) in [4.78, 5) is 0. The van der Waals surface area contributed by atoms with Crippen LogP contribution in [0, 0.1) is 11.8 Å². The van der Waals surface area contributed by atoms with Crippen LogP contribution in [0.2, 0.25) is 0 Å². The lowest BCUT2D eigenvalue weighted by Crippen LogP contribution is -2.20. The van der Waals surface area contributed by atoms with Gasteiger partial charge in [0.1, 0.15) is 0 Å². The van der Waals surface area contributed by atoms with Gasteiger partial charge in [-0.3, -0.25) is 0 Å². The Labute approximate surface area is 99.8 Å². The van der Waals surface area contributed by atoms with Gasteiger partial charge in [-0.1, -0.05) is 26.7 Å².